The standard InChI is InChI=1S/C12H10Cl2N2O/c1-17-8-4-2-7(3-5-8)11-9(13)6-10(14)12(15)16-11/h2-6H,1H3,(H2,15,16). The summed E-state index contributed by atoms with van der Waals surface area (Å²) in [6, 6.07) is 8.97. The van der Waals surface area contributed by atoms with Gasteiger partial charge in [-0.3, -0.25) is 0 Å². The third-order valence-corrected chi connectivity index (χ3v) is 2.91. The van der Waals surface area contributed by atoms with E-state index in [0.717, 1.165) is 11.3 Å². The SMILES string of the molecule is COc1ccc(-c2nc(N)c(Cl)cc2Cl)cc1. The molecular formula is C12H10Cl2N2O. The number of ether oxygens (including phenoxy) is 1. The minimum absolute atomic E-state index is 0.266. The van der Waals surface area contributed by atoms with Gasteiger partial charge in [0.1, 0.15) is 11.6 Å². The molecule has 0 atom stereocenters. The van der Waals surface area contributed by atoms with Crippen LogP contribution in [0.25, 0.3) is 11.3 Å². The lowest BCUT2D eigenvalue weighted by Gasteiger charge is -2.07. The number of rotatable bonds is 2. The predicted octanol–water partition coefficient (Wildman–Crippen LogP) is 3.65. The molecule has 0 radical (unpaired) electrons. The van der Waals surface area contributed by atoms with E-state index in [2.05, 4.69) is 4.98 Å². The van der Waals surface area contributed by atoms with Gasteiger partial charge in [-0.05, 0) is 30.3 Å². The molecular weight excluding hydrogens is 259 g/mol. The van der Waals surface area contributed by atoms with Crippen molar-refractivity contribution in [3.8, 4) is 17.0 Å². The molecule has 0 saturated heterocycles. The highest BCUT2D eigenvalue weighted by Crippen LogP contribution is 2.31. The number of hydrogen-bond acceptors (Lipinski definition) is 3. The number of aromatic nitrogens is 1. The molecule has 2 rings (SSSR count). The van der Waals surface area contributed by atoms with E-state index in [9.17, 15) is 0 Å². The van der Waals surface area contributed by atoms with Crippen LogP contribution < -0.4 is 10.5 Å². The first-order valence-corrected chi connectivity index (χ1v) is 5.63. The third kappa shape index (κ3) is 2.46. The predicted molar refractivity (Wildman–Crippen MR) is 70.7 cm³/mol. The highest BCUT2D eigenvalue weighted by atomic mass is 35.5. The van der Waals surface area contributed by atoms with Crippen LogP contribution in [0.4, 0.5) is 5.82 Å². The van der Waals surface area contributed by atoms with Crippen molar-refractivity contribution in [2.75, 3.05) is 12.8 Å². The van der Waals surface area contributed by atoms with Crippen molar-refractivity contribution in [2.24, 2.45) is 0 Å². The summed E-state index contributed by atoms with van der Waals surface area (Å²) in [5.41, 5.74) is 7.12. The van der Waals surface area contributed by atoms with Gasteiger partial charge in [-0.25, -0.2) is 4.98 Å². The molecule has 0 aliphatic rings. The minimum atomic E-state index is 0.266. The molecule has 3 nitrogen and oxygen atoms in total. The molecule has 2 aromatic rings. The summed E-state index contributed by atoms with van der Waals surface area (Å²) in [5, 5.41) is 0.821. The van der Waals surface area contributed by atoms with Crippen molar-refractivity contribution in [1.29, 1.82) is 0 Å². The van der Waals surface area contributed by atoms with E-state index in [0.29, 0.717) is 15.7 Å². The number of benzene rings is 1. The van der Waals surface area contributed by atoms with E-state index in [1.165, 1.54) is 0 Å². The Labute approximate surface area is 109 Å². The Morgan fingerprint density at radius 3 is 2.35 bits per heavy atom. The fraction of sp³-hybridized carbons (Fsp3) is 0.0833. The Bertz CT molecular complexity index is 541. The van der Waals surface area contributed by atoms with Crippen LogP contribution in [0.5, 0.6) is 5.75 Å². The van der Waals surface area contributed by atoms with E-state index < -0.39 is 0 Å². The van der Waals surface area contributed by atoms with Gasteiger partial charge in [-0.15, -0.1) is 0 Å². The van der Waals surface area contributed by atoms with Crippen molar-refractivity contribution in [3.63, 3.8) is 0 Å². The van der Waals surface area contributed by atoms with Crippen LogP contribution in [0.1, 0.15) is 0 Å². The van der Waals surface area contributed by atoms with E-state index in [1.807, 2.05) is 24.3 Å². The summed E-state index contributed by atoms with van der Waals surface area (Å²) in [7, 11) is 1.61. The van der Waals surface area contributed by atoms with Gasteiger partial charge in [0.15, 0.2) is 0 Å². The molecule has 1 aromatic heterocycles. The molecule has 2 N–H and O–H groups in total. The molecule has 1 heterocycles. The molecule has 0 bridgehead atoms. The quantitative estimate of drug-likeness (QED) is 0.905. The van der Waals surface area contributed by atoms with Crippen LogP contribution in [0, 0.1) is 0 Å². The van der Waals surface area contributed by atoms with Crippen LogP contribution in [0.15, 0.2) is 30.3 Å². The maximum Gasteiger partial charge on any atom is 0.143 e. The lowest BCUT2D eigenvalue weighted by atomic mass is 10.1. The number of nitrogens with zero attached hydrogens (tertiary/aromatic N) is 1. The zero-order valence-corrected chi connectivity index (χ0v) is 10.6. The average molecular weight is 269 g/mol. The van der Waals surface area contributed by atoms with Crippen molar-refractivity contribution >= 4 is 29.0 Å². The summed E-state index contributed by atoms with van der Waals surface area (Å²) in [6.45, 7) is 0. The second-order valence-corrected chi connectivity index (χ2v) is 4.23. The van der Waals surface area contributed by atoms with Crippen molar-refractivity contribution < 1.29 is 4.74 Å². The van der Waals surface area contributed by atoms with Gasteiger partial charge in [-0.1, -0.05) is 23.2 Å². The highest BCUT2D eigenvalue weighted by Gasteiger charge is 2.09. The zero-order chi connectivity index (χ0) is 12.4. The van der Waals surface area contributed by atoms with E-state index in [4.69, 9.17) is 33.7 Å². The van der Waals surface area contributed by atoms with Gasteiger partial charge >= 0.3 is 0 Å². The Morgan fingerprint density at radius 1 is 1.12 bits per heavy atom. The summed E-state index contributed by atoms with van der Waals surface area (Å²) in [6.07, 6.45) is 0. The number of halogens is 2. The second-order valence-electron chi connectivity index (χ2n) is 3.41. The Hall–Kier alpha value is -1.45. The average Bonchev–Trinajstić information content (AvgIpc) is 2.34. The first-order chi connectivity index (χ1) is 8.11. The van der Waals surface area contributed by atoms with Crippen LogP contribution in [0.3, 0.4) is 0 Å². The molecule has 0 spiro atoms. The maximum absolute atomic E-state index is 6.08. The van der Waals surface area contributed by atoms with Crippen LogP contribution in [-0.4, -0.2) is 12.1 Å². The van der Waals surface area contributed by atoms with Gasteiger partial charge in [0.05, 0.1) is 22.8 Å². The van der Waals surface area contributed by atoms with E-state index in [-0.39, 0.29) is 5.82 Å². The Kier molecular flexibility index (Phi) is 3.41. The maximum atomic E-state index is 6.08. The zero-order valence-electron chi connectivity index (χ0n) is 9.08. The lowest BCUT2D eigenvalue weighted by molar-refractivity contribution is 0.415. The van der Waals surface area contributed by atoms with Gasteiger partial charge in [0, 0.05) is 5.56 Å². The van der Waals surface area contributed by atoms with Crippen molar-refractivity contribution in [3.05, 3.63) is 40.4 Å². The summed E-state index contributed by atoms with van der Waals surface area (Å²) in [5.74, 6) is 1.04. The smallest absolute Gasteiger partial charge is 0.143 e. The minimum Gasteiger partial charge on any atom is -0.497 e. The van der Waals surface area contributed by atoms with Crippen LogP contribution in [0.2, 0.25) is 10.0 Å². The summed E-state index contributed by atoms with van der Waals surface area (Å²) in [4.78, 5) is 4.17. The van der Waals surface area contributed by atoms with Crippen molar-refractivity contribution in [1.82, 2.24) is 4.98 Å². The summed E-state index contributed by atoms with van der Waals surface area (Å²) < 4.78 is 5.08. The van der Waals surface area contributed by atoms with E-state index in [1.54, 1.807) is 13.2 Å². The van der Waals surface area contributed by atoms with Gasteiger partial charge < -0.3 is 10.5 Å². The lowest BCUT2D eigenvalue weighted by Crippen LogP contribution is -1.94. The highest BCUT2D eigenvalue weighted by molar-refractivity contribution is 6.37. The number of hydrogen-bond donors (Lipinski definition) is 1. The number of nitrogens with two attached hydrogens (primary N) is 1. The number of methoxy groups -OCH3 is 1. The van der Waals surface area contributed by atoms with Gasteiger partial charge in [-0.2, -0.15) is 0 Å². The molecule has 0 aliphatic carbocycles. The monoisotopic (exact) mass is 268 g/mol. The number of pyridine rings is 1. The topological polar surface area (TPSA) is 48.1 Å². The first-order valence-electron chi connectivity index (χ1n) is 4.87. The molecule has 5 heteroatoms. The Balaban J connectivity index is 2.48. The molecule has 17 heavy (non-hydrogen) atoms. The number of nitrogen functional groups attached to an aromatic ring is 1. The van der Waals surface area contributed by atoms with Gasteiger partial charge in [0.25, 0.3) is 0 Å². The van der Waals surface area contributed by atoms with Crippen LogP contribution in [-0.2, 0) is 0 Å². The van der Waals surface area contributed by atoms with Gasteiger partial charge in [0.2, 0.25) is 0 Å². The van der Waals surface area contributed by atoms with Crippen LogP contribution >= 0.6 is 23.2 Å². The second kappa shape index (κ2) is 4.82. The summed E-state index contributed by atoms with van der Waals surface area (Å²) >= 11 is 11.9. The largest absolute Gasteiger partial charge is 0.497 e. The molecule has 1 aromatic carbocycles. The molecule has 0 aliphatic heterocycles. The van der Waals surface area contributed by atoms with E-state index >= 15 is 0 Å². The Morgan fingerprint density at radius 2 is 1.76 bits per heavy atom. The molecule has 88 valence electrons. The molecule has 0 fully saturated rings. The van der Waals surface area contributed by atoms with Crippen molar-refractivity contribution in [2.45, 2.75) is 0 Å². The number of anilines is 1. The normalized spacial score (nSPS) is 10.3. The molecule has 0 saturated carbocycles. The molecule has 0 unspecified atom stereocenters. The fourth-order valence-corrected chi connectivity index (χ4v) is 1.90. The first kappa shape index (κ1) is 12.0. The molecule has 0 amide bonds. The third-order valence-electron chi connectivity index (χ3n) is 2.32. The fourth-order valence-electron chi connectivity index (χ4n) is 1.43.